The highest BCUT2D eigenvalue weighted by atomic mass is 35.5. The van der Waals surface area contributed by atoms with Gasteiger partial charge in [-0.2, -0.15) is 0 Å². The van der Waals surface area contributed by atoms with Crippen molar-refractivity contribution in [3.05, 3.63) is 94.5 Å². The summed E-state index contributed by atoms with van der Waals surface area (Å²) < 4.78 is 28.7. The van der Waals surface area contributed by atoms with Crippen molar-refractivity contribution >= 4 is 39.1 Å². The van der Waals surface area contributed by atoms with Crippen LogP contribution in [0, 0.1) is 13.8 Å². The summed E-state index contributed by atoms with van der Waals surface area (Å²) in [6, 6.07) is 19.6. The van der Waals surface area contributed by atoms with Crippen LogP contribution in [0.15, 0.2) is 77.7 Å². The van der Waals surface area contributed by atoms with Crippen molar-refractivity contribution in [3.63, 3.8) is 0 Å². The molecule has 1 N–H and O–H groups in total. The van der Waals surface area contributed by atoms with Gasteiger partial charge in [0, 0.05) is 18.1 Å². The maximum absolute atomic E-state index is 13.8. The van der Waals surface area contributed by atoms with Crippen LogP contribution in [0.25, 0.3) is 0 Å². The van der Waals surface area contributed by atoms with Gasteiger partial charge in [0.25, 0.3) is 10.0 Å². The minimum atomic E-state index is -4.10. The molecule has 0 aromatic heterocycles. The highest BCUT2D eigenvalue weighted by Crippen LogP contribution is 2.28. The zero-order chi connectivity index (χ0) is 27.2. The van der Waals surface area contributed by atoms with Crippen molar-refractivity contribution in [2.45, 2.75) is 45.2 Å². The number of hydrogen-bond acceptors (Lipinski definition) is 4. The summed E-state index contributed by atoms with van der Waals surface area (Å²) in [7, 11) is -4.10. The molecule has 1 atom stereocenters. The zero-order valence-corrected chi connectivity index (χ0v) is 23.0. The van der Waals surface area contributed by atoms with Crippen molar-refractivity contribution in [1.82, 2.24) is 10.2 Å². The number of benzene rings is 3. The van der Waals surface area contributed by atoms with E-state index in [0.717, 1.165) is 9.87 Å². The highest BCUT2D eigenvalue weighted by Gasteiger charge is 2.33. The molecule has 0 radical (unpaired) electrons. The van der Waals surface area contributed by atoms with Crippen molar-refractivity contribution in [2.24, 2.45) is 0 Å². The van der Waals surface area contributed by atoms with E-state index in [0.29, 0.717) is 28.4 Å². The Labute approximate surface area is 224 Å². The third-order valence-corrected chi connectivity index (χ3v) is 8.19. The summed E-state index contributed by atoms with van der Waals surface area (Å²) in [5.74, 6) is -0.870. The minimum absolute atomic E-state index is 0.0446. The Kier molecular flexibility index (Phi) is 9.34. The van der Waals surface area contributed by atoms with Gasteiger partial charge in [-0.3, -0.25) is 13.9 Å². The summed E-state index contributed by atoms with van der Waals surface area (Å²) in [4.78, 5) is 28.0. The number of carbonyl (C=O) groups excluding carboxylic acids is 2. The predicted molar refractivity (Wildman–Crippen MR) is 147 cm³/mol. The third kappa shape index (κ3) is 6.70. The summed E-state index contributed by atoms with van der Waals surface area (Å²) in [5.41, 5.74) is 2.72. The van der Waals surface area contributed by atoms with Gasteiger partial charge in [-0.25, -0.2) is 8.42 Å². The molecule has 3 aromatic rings. The van der Waals surface area contributed by atoms with Crippen LogP contribution in [0.4, 0.5) is 5.69 Å². The van der Waals surface area contributed by atoms with Gasteiger partial charge >= 0.3 is 0 Å². The highest BCUT2D eigenvalue weighted by molar-refractivity contribution is 7.92. The van der Waals surface area contributed by atoms with Crippen LogP contribution in [0.2, 0.25) is 5.02 Å². The second-order valence-corrected chi connectivity index (χ2v) is 11.1. The average Bonchev–Trinajstić information content (AvgIpc) is 2.87. The summed E-state index contributed by atoms with van der Waals surface area (Å²) in [6.07, 6.45) is 0. The van der Waals surface area contributed by atoms with Crippen molar-refractivity contribution < 1.29 is 18.0 Å². The largest absolute Gasteiger partial charge is 0.355 e. The number of halogens is 1. The number of rotatable bonds is 10. The molecule has 2 amide bonds. The van der Waals surface area contributed by atoms with E-state index in [2.05, 4.69) is 5.32 Å². The van der Waals surface area contributed by atoms with E-state index in [1.807, 2.05) is 13.0 Å². The number of amides is 2. The number of sulfonamides is 1. The van der Waals surface area contributed by atoms with Crippen LogP contribution in [0.5, 0.6) is 0 Å². The number of anilines is 1. The average molecular weight is 542 g/mol. The Morgan fingerprint density at radius 2 is 1.62 bits per heavy atom. The first-order chi connectivity index (χ1) is 17.6. The topological polar surface area (TPSA) is 86.8 Å². The molecule has 3 aromatic carbocycles. The number of aryl methyl sites for hydroxylation is 2. The zero-order valence-electron chi connectivity index (χ0n) is 21.4. The molecule has 0 aliphatic rings. The predicted octanol–water partition coefficient (Wildman–Crippen LogP) is 4.71. The van der Waals surface area contributed by atoms with Gasteiger partial charge in [0.1, 0.15) is 12.6 Å². The standard InChI is InChI=1S/C28H32ClN3O4S/c1-5-30-28(34)22(4)31(18-23-11-9-10-14-25(23)29)27(33)19-32(26-16-15-20(2)17-21(26)3)37(35,36)24-12-7-6-8-13-24/h6-17,22H,5,18-19H2,1-4H3,(H,30,34)/t22-/m0/s1. The lowest BCUT2D eigenvalue weighted by Gasteiger charge is -2.32. The molecule has 0 spiro atoms. The van der Waals surface area contributed by atoms with E-state index in [1.54, 1.807) is 75.4 Å². The molecule has 0 fully saturated rings. The smallest absolute Gasteiger partial charge is 0.264 e. The molecule has 196 valence electrons. The maximum atomic E-state index is 13.8. The lowest BCUT2D eigenvalue weighted by Crippen LogP contribution is -2.51. The van der Waals surface area contributed by atoms with Crippen LogP contribution in [-0.2, 0) is 26.2 Å². The van der Waals surface area contributed by atoms with E-state index < -0.39 is 28.5 Å². The van der Waals surface area contributed by atoms with Crippen LogP contribution < -0.4 is 9.62 Å². The van der Waals surface area contributed by atoms with Crippen molar-refractivity contribution in [1.29, 1.82) is 0 Å². The monoisotopic (exact) mass is 541 g/mol. The van der Waals surface area contributed by atoms with Gasteiger partial charge < -0.3 is 10.2 Å². The second-order valence-electron chi connectivity index (χ2n) is 8.80. The number of likely N-dealkylation sites (N-methyl/N-ethyl adjacent to an activating group) is 1. The molecule has 3 rings (SSSR count). The lowest BCUT2D eigenvalue weighted by atomic mass is 10.1. The molecule has 0 saturated heterocycles. The lowest BCUT2D eigenvalue weighted by molar-refractivity contribution is -0.139. The molecule has 0 saturated carbocycles. The fraction of sp³-hybridized carbons (Fsp3) is 0.286. The molecule has 0 aliphatic carbocycles. The summed E-state index contributed by atoms with van der Waals surface area (Å²) in [6.45, 7) is 7.08. The first-order valence-electron chi connectivity index (χ1n) is 12.0. The van der Waals surface area contributed by atoms with Gasteiger partial charge in [0.15, 0.2) is 0 Å². The number of hydrogen-bond donors (Lipinski definition) is 1. The van der Waals surface area contributed by atoms with E-state index >= 15 is 0 Å². The van der Waals surface area contributed by atoms with Gasteiger partial charge in [-0.15, -0.1) is 0 Å². The first-order valence-corrected chi connectivity index (χ1v) is 13.8. The van der Waals surface area contributed by atoms with Gasteiger partial charge in [0.05, 0.1) is 10.6 Å². The Hall–Kier alpha value is -3.36. The van der Waals surface area contributed by atoms with Crippen LogP contribution >= 0.6 is 11.6 Å². The second kappa shape index (κ2) is 12.3. The molecule has 7 nitrogen and oxygen atoms in total. The van der Waals surface area contributed by atoms with E-state index in [-0.39, 0.29) is 17.3 Å². The van der Waals surface area contributed by atoms with Crippen LogP contribution in [-0.4, -0.2) is 44.3 Å². The fourth-order valence-electron chi connectivity index (χ4n) is 4.03. The van der Waals surface area contributed by atoms with Gasteiger partial charge in [-0.05, 0) is 63.1 Å². The van der Waals surface area contributed by atoms with Gasteiger partial charge in [0.2, 0.25) is 11.8 Å². The van der Waals surface area contributed by atoms with Crippen LogP contribution in [0.3, 0.4) is 0 Å². The minimum Gasteiger partial charge on any atom is -0.355 e. The molecule has 0 heterocycles. The third-order valence-electron chi connectivity index (χ3n) is 6.05. The fourth-order valence-corrected chi connectivity index (χ4v) is 5.73. The maximum Gasteiger partial charge on any atom is 0.264 e. The Bertz CT molecular complexity index is 1360. The molecular weight excluding hydrogens is 510 g/mol. The number of nitrogens with zero attached hydrogens (tertiary/aromatic N) is 2. The first kappa shape index (κ1) is 28.2. The Morgan fingerprint density at radius 1 is 0.973 bits per heavy atom. The van der Waals surface area contributed by atoms with Crippen molar-refractivity contribution in [2.75, 3.05) is 17.4 Å². The number of carbonyl (C=O) groups is 2. The van der Waals surface area contributed by atoms with E-state index in [9.17, 15) is 18.0 Å². The normalized spacial score (nSPS) is 12.0. The molecular formula is C28H32ClN3O4S. The molecule has 0 aliphatic heterocycles. The SMILES string of the molecule is CCNC(=O)[C@H](C)N(Cc1ccccc1Cl)C(=O)CN(c1ccc(C)cc1C)S(=O)(=O)c1ccccc1. The van der Waals surface area contributed by atoms with Gasteiger partial charge in [-0.1, -0.05) is 65.7 Å². The molecule has 9 heteroatoms. The number of nitrogens with one attached hydrogen (secondary N) is 1. The van der Waals surface area contributed by atoms with Crippen LogP contribution in [0.1, 0.15) is 30.5 Å². The Balaban J connectivity index is 2.07. The van der Waals surface area contributed by atoms with E-state index in [4.69, 9.17) is 11.6 Å². The van der Waals surface area contributed by atoms with E-state index in [1.165, 1.54) is 17.0 Å². The summed E-state index contributed by atoms with van der Waals surface area (Å²) >= 11 is 6.36. The molecule has 37 heavy (non-hydrogen) atoms. The molecule has 0 unspecified atom stereocenters. The van der Waals surface area contributed by atoms with Crippen molar-refractivity contribution in [3.8, 4) is 0 Å². The summed E-state index contributed by atoms with van der Waals surface area (Å²) in [5, 5.41) is 3.19. The Morgan fingerprint density at radius 3 is 2.24 bits per heavy atom. The molecule has 0 bridgehead atoms. The quantitative estimate of drug-likeness (QED) is 0.403.